The second-order valence-electron chi connectivity index (χ2n) is 5.03. The highest BCUT2D eigenvalue weighted by Crippen LogP contribution is 2.23. The number of nitrogens with zero attached hydrogens (tertiary/aromatic N) is 1. The summed E-state index contributed by atoms with van der Waals surface area (Å²) in [5.74, 6) is 0.691. The van der Waals surface area contributed by atoms with Gasteiger partial charge >= 0.3 is 0 Å². The second kappa shape index (κ2) is 6.18. The van der Waals surface area contributed by atoms with Crippen LogP contribution in [0.2, 0.25) is 0 Å². The third kappa shape index (κ3) is 3.76. The Morgan fingerprint density at radius 2 is 1.95 bits per heavy atom. The molecule has 0 radical (unpaired) electrons. The van der Waals surface area contributed by atoms with Crippen LogP contribution in [0.3, 0.4) is 0 Å². The lowest BCUT2D eigenvalue weighted by atomic mass is 10.2. The van der Waals surface area contributed by atoms with Gasteiger partial charge in [-0.05, 0) is 55.5 Å². The molecule has 1 amide bonds. The van der Waals surface area contributed by atoms with E-state index in [1.54, 1.807) is 24.0 Å². The molecular formula is C16H17N3OS. The molecule has 1 saturated carbocycles. The van der Waals surface area contributed by atoms with Crippen LogP contribution in [0.25, 0.3) is 0 Å². The lowest BCUT2D eigenvalue weighted by Gasteiger charge is -2.07. The van der Waals surface area contributed by atoms with Crippen LogP contribution in [0.4, 0.5) is 11.5 Å². The average molecular weight is 299 g/mol. The largest absolute Gasteiger partial charge is 0.367 e. The van der Waals surface area contributed by atoms with Crippen LogP contribution >= 0.6 is 11.8 Å². The maximum Gasteiger partial charge on any atom is 0.257 e. The zero-order valence-corrected chi connectivity index (χ0v) is 12.6. The molecule has 1 fully saturated rings. The van der Waals surface area contributed by atoms with Crippen LogP contribution in [-0.4, -0.2) is 23.2 Å². The zero-order chi connectivity index (χ0) is 14.7. The quantitative estimate of drug-likeness (QED) is 0.828. The summed E-state index contributed by atoms with van der Waals surface area (Å²) in [5, 5.41) is 6.17. The molecule has 0 unspecified atom stereocenters. The maximum absolute atomic E-state index is 12.1. The highest BCUT2D eigenvalue weighted by Gasteiger charge is 2.21. The molecule has 0 aliphatic heterocycles. The summed E-state index contributed by atoms with van der Waals surface area (Å²) in [4.78, 5) is 17.6. The van der Waals surface area contributed by atoms with Crippen LogP contribution in [0, 0.1) is 0 Å². The van der Waals surface area contributed by atoms with E-state index in [1.165, 1.54) is 17.7 Å². The first kappa shape index (κ1) is 13.9. The first-order valence-corrected chi connectivity index (χ1v) is 8.15. The van der Waals surface area contributed by atoms with Crippen molar-refractivity contribution in [3.05, 3.63) is 48.2 Å². The molecule has 0 saturated heterocycles. The molecule has 3 rings (SSSR count). The molecule has 1 aliphatic rings. The highest BCUT2D eigenvalue weighted by molar-refractivity contribution is 7.98. The molecule has 1 aromatic heterocycles. The van der Waals surface area contributed by atoms with E-state index in [4.69, 9.17) is 0 Å². The Labute approximate surface area is 128 Å². The number of hydrogen-bond acceptors (Lipinski definition) is 4. The maximum atomic E-state index is 12.1. The van der Waals surface area contributed by atoms with E-state index in [-0.39, 0.29) is 5.91 Å². The summed E-state index contributed by atoms with van der Waals surface area (Å²) in [5.41, 5.74) is 1.35. The third-order valence-corrected chi connectivity index (χ3v) is 4.05. The van der Waals surface area contributed by atoms with Gasteiger partial charge in [0.05, 0.1) is 5.56 Å². The number of carbonyl (C=O) groups excluding carboxylic acids is 1. The average Bonchev–Trinajstić information content (AvgIpc) is 3.33. The number of benzene rings is 1. The fraction of sp³-hybridized carbons (Fsp3) is 0.250. The van der Waals surface area contributed by atoms with E-state index in [2.05, 4.69) is 15.6 Å². The van der Waals surface area contributed by atoms with Gasteiger partial charge in [0.2, 0.25) is 0 Å². The fourth-order valence-corrected chi connectivity index (χ4v) is 2.34. The molecule has 21 heavy (non-hydrogen) atoms. The Morgan fingerprint density at radius 1 is 1.19 bits per heavy atom. The topological polar surface area (TPSA) is 54.0 Å². The number of pyridine rings is 1. The molecule has 1 aromatic carbocycles. The number of carbonyl (C=O) groups is 1. The van der Waals surface area contributed by atoms with Gasteiger partial charge in [-0.1, -0.05) is 0 Å². The zero-order valence-electron chi connectivity index (χ0n) is 11.8. The van der Waals surface area contributed by atoms with Gasteiger partial charge in [0.25, 0.3) is 5.91 Å². The summed E-state index contributed by atoms with van der Waals surface area (Å²) >= 11 is 1.67. The Kier molecular flexibility index (Phi) is 4.10. The molecule has 4 nitrogen and oxygen atoms in total. The Hall–Kier alpha value is -2.01. The Bertz CT molecular complexity index is 621. The molecule has 0 spiro atoms. The highest BCUT2D eigenvalue weighted by atomic mass is 32.2. The van der Waals surface area contributed by atoms with Crippen molar-refractivity contribution in [1.29, 1.82) is 0 Å². The molecule has 2 aromatic rings. The summed E-state index contributed by atoms with van der Waals surface area (Å²) < 4.78 is 0. The Morgan fingerprint density at radius 3 is 2.52 bits per heavy atom. The van der Waals surface area contributed by atoms with E-state index < -0.39 is 0 Å². The lowest BCUT2D eigenvalue weighted by molar-refractivity contribution is 0.102. The number of thioether (sulfide) groups is 1. The molecular weight excluding hydrogens is 282 g/mol. The Balaban J connectivity index is 1.63. The van der Waals surface area contributed by atoms with E-state index in [0.29, 0.717) is 11.6 Å². The first-order valence-electron chi connectivity index (χ1n) is 6.92. The van der Waals surface area contributed by atoms with Crippen molar-refractivity contribution in [2.45, 2.75) is 23.8 Å². The van der Waals surface area contributed by atoms with Crippen LogP contribution in [0.5, 0.6) is 0 Å². The van der Waals surface area contributed by atoms with Gasteiger partial charge < -0.3 is 10.6 Å². The van der Waals surface area contributed by atoms with Crippen molar-refractivity contribution in [2.24, 2.45) is 0 Å². The fourth-order valence-electron chi connectivity index (χ4n) is 1.93. The van der Waals surface area contributed by atoms with Crippen molar-refractivity contribution in [2.75, 3.05) is 16.9 Å². The van der Waals surface area contributed by atoms with Crippen LogP contribution in [0.1, 0.15) is 23.2 Å². The monoisotopic (exact) mass is 299 g/mol. The lowest BCUT2D eigenvalue weighted by Crippen LogP contribution is -2.12. The normalized spacial score (nSPS) is 13.8. The van der Waals surface area contributed by atoms with Gasteiger partial charge in [0, 0.05) is 22.8 Å². The molecule has 5 heteroatoms. The number of anilines is 2. The number of nitrogens with one attached hydrogen (secondary N) is 2. The second-order valence-corrected chi connectivity index (χ2v) is 5.91. The molecule has 0 bridgehead atoms. The van der Waals surface area contributed by atoms with Crippen molar-refractivity contribution in [1.82, 2.24) is 4.98 Å². The number of aromatic nitrogens is 1. The molecule has 2 N–H and O–H groups in total. The standard InChI is InChI=1S/C16H17N3OS/c1-21-14-7-5-13(6-8-14)19-16(20)11-2-9-15(17-10-11)18-12-3-4-12/h2,5-10,12H,3-4H2,1H3,(H,17,18)(H,19,20). The minimum Gasteiger partial charge on any atom is -0.367 e. The van der Waals surface area contributed by atoms with Crippen LogP contribution in [0.15, 0.2) is 47.5 Å². The minimum absolute atomic E-state index is 0.141. The molecule has 1 heterocycles. The van der Waals surface area contributed by atoms with Gasteiger partial charge in [0.1, 0.15) is 5.82 Å². The van der Waals surface area contributed by atoms with E-state index in [9.17, 15) is 4.79 Å². The van der Waals surface area contributed by atoms with Crippen molar-refractivity contribution in [3.63, 3.8) is 0 Å². The summed E-state index contributed by atoms with van der Waals surface area (Å²) in [6, 6.07) is 12.0. The number of hydrogen-bond donors (Lipinski definition) is 2. The van der Waals surface area contributed by atoms with Crippen molar-refractivity contribution in [3.8, 4) is 0 Å². The van der Waals surface area contributed by atoms with Crippen molar-refractivity contribution < 1.29 is 4.79 Å². The first-order chi connectivity index (χ1) is 10.2. The predicted molar refractivity (Wildman–Crippen MR) is 87.1 cm³/mol. The molecule has 0 atom stereocenters. The van der Waals surface area contributed by atoms with E-state index >= 15 is 0 Å². The SMILES string of the molecule is CSc1ccc(NC(=O)c2ccc(NC3CC3)nc2)cc1. The van der Waals surface area contributed by atoms with E-state index in [0.717, 1.165) is 11.5 Å². The van der Waals surface area contributed by atoms with Crippen molar-refractivity contribution >= 4 is 29.2 Å². The molecule has 108 valence electrons. The number of rotatable bonds is 5. The van der Waals surface area contributed by atoms with Crippen LogP contribution < -0.4 is 10.6 Å². The van der Waals surface area contributed by atoms with Gasteiger partial charge in [-0.2, -0.15) is 0 Å². The van der Waals surface area contributed by atoms with Gasteiger partial charge in [0.15, 0.2) is 0 Å². The number of amides is 1. The smallest absolute Gasteiger partial charge is 0.257 e. The van der Waals surface area contributed by atoms with Gasteiger partial charge in [-0.3, -0.25) is 4.79 Å². The van der Waals surface area contributed by atoms with E-state index in [1.807, 2.05) is 36.6 Å². The van der Waals surface area contributed by atoms with Crippen LogP contribution in [-0.2, 0) is 0 Å². The van der Waals surface area contributed by atoms with Gasteiger partial charge in [-0.25, -0.2) is 4.98 Å². The third-order valence-electron chi connectivity index (χ3n) is 3.30. The van der Waals surface area contributed by atoms with Gasteiger partial charge in [-0.15, -0.1) is 11.8 Å². The predicted octanol–water partition coefficient (Wildman–Crippen LogP) is 3.63. The minimum atomic E-state index is -0.141. The summed E-state index contributed by atoms with van der Waals surface area (Å²) in [7, 11) is 0. The summed E-state index contributed by atoms with van der Waals surface area (Å²) in [6.07, 6.45) is 6.04. The summed E-state index contributed by atoms with van der Waals surface area (Å²) in [6.45, 7) is 0. The molecule has 1 aliphatic carbocycles.